The van der Waals surface area contributed by atoms with Gasteiger partial charge in [0.05, 0.1) is 16.7 Å². The highest BCUT2D eigenvalue weighted by Crippen LogP contribution is 2.67. The van der Waals surface area contributed by atoms with Crippen LogP contribution in [0.15, 0.2) is 22.8 Å². The van der Waals surface area contributed by atoms with Gasteiger partial charge in [-0.3, -0.25) is 4.79 Å². The first-order valence-corrected chi connectivity index (χ1v) is 9.54. The lowest BCUT2D eigenvalue weighted by Gasteiger charge is -2.58. The zero-order chi connectivity index (χ0) is 17.5. The van der Waals surface area contributed by atoms with Crippen LogP contribution in [0.25, 0.3) is 0 Å². The molecule has 4 heteroatoms. The average Bonchev–Trinajstić information content (AvgIpc) is 2.74. The van der Waals surface area contributed by atoms with Crippen LogP contribution in [-0.2, 0) is 4.79 Å². The number of hydrogen-bond donors (Lipinski definition) is 2. The van der Waals surface area contributed by atoms with E-state index in [2.05, 4.69) is 13.8 Å². The van der Waals surface area contributed by atoms with Crippen LogP contribution in [0.2, 0.25) is 0 Å². The van der Waals surface area contributed by atoms with Crippen molar-refractivity contribution >= 4 is 17.4 Å². The van der Waals surface area contributed by atoms with Crippen LogP contribution in [0.5, 0.6) is 0 Å². The zero-order valence-corrected chi connectivity index (χ0v) is 15.4. The number of hydrogen-bond acceptors (Lipinski definition) is 3. The Morgan fingerprint density at radius 3 is 2.54 bits per heavy atom. The lowest BCUT2D eigenvalue weighted by Crippen LogP contribution is -2.55. The van der Waals surface area contributed by atoms with E-state index in [4.69, 9.17) is 11.6 Å². The minimum absolute atomic E-state index is 0.0799. The van der Waals surface area contributed by atoms with Gasteiger partial charge in [-0.25, -0.2) is 0 Å². The van der Waals surface area contributed by atoms with Crippen LogP contribution in [-0.4, -0.2) is 27.7 Å². The van der Waals surface area contributed by atoms with Crippen molar-refractivity contribution in [1.82, 2.24) is 0 Å². The van der Waals surface area contributed by atoms with Gasteiger partial charge < -0.3 is 10.2 Å². The molecule has 4 aliphatic rings. The fourth-order valence-electron chi connectivity index (χ4n) is 6.59. The molecule has 0 spiro atoms. The van der Waals surface area contributed by atoms with E-state index in [0.29, 0.717) is 24.2 Å². The molecule has 3 nitrogen and oxygen atoms in total. The largest absolute Gasteiger partial charge is 0.390 e. The van der Waals surface area contributed by atoms with Gasteiger partial charge in [-0.2, -0.15) is 0 Å². The zero-order valence-electron chi connectivity index (χ0n) is 14.7. The molecule has 0 aliphatic heterocycles. The summed E-state index contributed by atoms with van der Waals surface area (Å²) in [4.78, 5) is 12.0. The molecule has 0 amide bonds. The molecule has 0 aromatic rings. The second kappa shape index (κ2) is 4.96. The molecule has 132 valence electrons. The third kappa shape index (κ3) is 1.89. The highest BCUT2D eigenvalue weighted by Gasteiger charge is 2.63. The van der Waals surface area contributed by atoms with E-state index in [-0.39, 0.29) is 21.6 Å². The van der Waals surface area contributed by atoms with E-state index in [0.717, 1.165) is 31.3 Å². The van der Waals surface area contributed by atoms with Gasteiger partial charge in [-0.1, -0.05) is 31.5 Å². The lowest BCUT2D eigenvalue weighted by atomic mass is 9.47. The van der Waals surface area contributed by atoms with Crippen LogP contribution < -0.4 is 0 Å². The molecule has 3 saturated carbocycles. The van der Waals surface area contributed by atoms with Gasteiger partial charge in [-0.15, -0.1) is 0 Å². The Hall–Kier alpha value is -0.640. The summed E-state index contributed by atoms with van der Waals surface area (Å²) in [5.74, 6) is 0.972. The minimum atomic E-state index is -0.662. The topological polar surface area (TPSA) is 57.5 Å². The summed E-state index contributed by atoms with van der Waals surface area (Å²) in [6, 6.07) is 0. The maximum atomic E-state index is 12.0. The van der Waals surface area contributed by atoms with Crippen molar-refractivity contribution < 1.29 is 15.0 Å². The first-order valence-electron chi connectivity index (χ1n) is 9.16. The predicted octanol–water partition coefficient (Wildman–Crippen LogP) is 3.58. The van der Waals surface area contributed by atoms with Crippen molar-refractivity contribution in [3.8, 4) is 0 Å². The predicted molar refractivity (Wildman–Crippen MR) is 93.4 cm³/mol. The number of aliphatic hydroxyl groups excluding tert-OH is 1. The van der Waals surface area contributed by atoms with E-state index < -0.39 is 11.7 Å². The first kappa shape index (κ1) is 16.8. The van der Waals surface area contributed by atoms with Crippen LogP contribution >= 0.6 is 11.6 Å². The standard InChI is InChI=1S/C20H27ClO3/c1-18-7-6-14(22)17(21)16(18)15(23)10-11-12(18)4-8-19(2)13(11)5-9-20(19,3)24/h6-7,11-13,15,23-24H,4-5,8-10H2,1-3H3/t11-,12+,13+,15?,18-,19+,20+/m1/s1. The Kier molecular flexibility index (Phi) is 3.47. The third-order valence-electron chi connectivity index (χ3n) is 8.21. The van der Waals surface area contributed by atoms with Gasteiger partial charge in [0.15, 0.2) is 5.78 Å². The molecular weight excluding hydrogens is 324 g/mol. The first-order chi connectivity index (χ1) is 11.1. The van der Waals surface area contributed by atoms with Crippen LogP contribution in [0.3, 0.4) is 0 Å². The number of carbonyl (C=O) groups excluding carboxylic acids is 1. The van der Waals surface area contributed by atoms with E-state index in [1.807, 2.05) is 13.0 Å². The lowest BCUT2D eigenvalue weighted by molar-refractivity contribution is -0.122. The van der Waals surface area contributed by atoms with Crippen LogP contribution in [0.4, 0.5) is 0 Å². The van der Waals surface area contributed by atoms with E-state index in [1.54, 1.807) is 6.08 Å². The van der Waals surface area contributed by atoms with Crippen molar-refractivity contribution in [3.63, 3.8) is 0 Å². The van der Waals surface area contributed by atoms with Crippen LogP contribution in [0.1, 0.15) is 52.9 Å². The Morgan fingerprint density at radius 2 is 1.83 bits per heavy atom. The fourth-order valence-corrected chi connectivity index (χ4v) is 6.98. The normalized spacial score (nSPS) is 53.7. The summed E-state index contributed by atoms with van der Waals surface area (Å²) in [7, 11) is 0. The van der Waals surface area contributed by atoms with Crippen molar-refractivity contribution in [2.45, 2.75) is 64.6 Å². The van der Waals surface area contributed by atoms with Gasteiger partial charge >= 0.3 is 0 Å². The van der Waals surface area contributed by atoms with E-state index in [1.165, 1.54) is 0 Å². The summed E-state index contributed by atoms with van der Waals surface area (Å²) in [6.45, 7) is 6.34. The molecule has 4 rings (SSSR count). The smallest absolute Gasteiger partial charge is 0.196 e. The Bertz CT molecular complexity index is 664. The fraction of sp³-hybridized carbons (Fsp3) is 0.750. The molecule has 0 saturated heterocycles. The van der Waals surface area contributed by atoms with Crippen LogP contribution in [0, 0.1) is 28.6 Å². The highest BCUT2D eigenvalue weighted by atomic mass is 35.5. The number of halogens is 1. The molecule has 4 aliphatic carbocycles. The molecule has 0 radical (unpaired) electrons. The van der Waals surface area contributed by atoms with Crippen molar-refractivity contribution in [3.05, 3.63) is 22.8 Å². The van der Waals surface area contributed by atoms with Crippen molar-refractivity contribution in [1.29, 1.82) is 0 Å². The number of ketones is 1. The molecule has 24 heavy (non-hydrogen) atoms. The number of aliphatic hydroxyl groups is 2. The van der Waals surface area contributed by atoms with Gasteiger partial charge in [-0.05, 0) is 73.8 Å². The van der Waals surface area contributed by atoms with Gasteiger partial charge in [0, 0.05) is 5.41 Å². The third-order valence-corrected chi connectivity index (χ3v) is 8.60. The monoisotopic (exact) mass is 350 g/mol. The van der Waals surface area contributed by atoms with E-state index in [9.17, 15) is 15.0 Å². The molecule has 0 aromatic carbocycles. The number of carbonyl (C=O) groups is 1. The quantitative estimate of drug-likeness (QED) is 0.702. The number of rotatable bonds is 0. The molecule has 1 unspecified atom stereocenters. The summed E-state index contributed by atoms with van der Waals surface area (Å²) >= 11 is 6.32. The van der Waals surface area contributed by atoms with Gasteiger partial charge in [0.25, 0.3) is 0 Å². The highest BCUT2D eigenvalue weighted by molar-refractivity contribution is 6.45. The molecule has 0 heterocycles. The maximum absolute atomic E-state index is 12.0. The molecular formula is C20H27ClO3. The SMILES string of the molecule is C[C@]12C=CC(=O)C(Cl)=C1C(O)C[C@@H]1[C@@H]2CC[C@@]2(C)[C@H]1CC[C@]2(C)O. The van der Waals surface area contributed by atoms with Gasteiger partial charge in [0.2, 0.25) is 0 Å². The second-order valence-electron chi connectivity index (χ2n) is 9.10. The Balaban J connectivity index is 1.78. The molecule has 7 atom stereocenters. The van der Waals surface area contributed by atoms with Crippen molar-refractivity contribution in [2.75, 3.05) is 0 Å². The average molecular weight is 351 g/mol. The molecule has 0 aromatic heterocycles. The Morgan fingerprint density at radius 1 is 1.17 bits per heavy atom. The summed E-state index contributed by atoms with van der Waals surface area (Å²) in [6.07, 6.45) is 7.40. The molecule has 3 fully saturated rings. The summed E-state index contributed by atoms with van der Waals surface area (Å²) in [5.41, 5.74) is -0.320. The second-order valence-corrected chi connectivity index (χ2v) is 9.48. The van der Waals surface area contributed by atoms with E-state index >= 15 is 0 Å². The summed E-state index contributed by atoms with van der Waals surface area (Å²) in [5, 5.41) is 22.0. The molecule has 2 N–H and O–H groups in total. The summed E-state index contributed by atoms with van der Waals surface area (Å²) < 4.78 is 0. The Labute approximate surface area is 148 Å². The van der Waals surface area contributed by atoms with Crippen molar-refractivity contribution in [2.24, 2.45) is 28.6 Å². The van der Waals surface area contributed by atoms with Gasteiger partial charge in [0.1, 0.15) is 0 Å². The number of fused-ring (bicyclic) bond motifs is 5. The number of allylic oxidation sites excluding steroid dienone is 3. The maximum Gasteiger partial charge on any atom is 0.196 e. The minimum Gasteiger partial charge on any atom is -0.390 e. The molecule has 0 bridgehead atoms.